The number of carbonyl (C=O) groups is 2. The van der Waals surface area contributed by atoms with Crippen molar-refractivity contribution in [1.29, 1.82) is 5.26 Å². The summed E-state index contributed by atoms with van der Waals surface area (Å²) in [5, 5.41) is 9.64. The van der Waals surface area contributed by atoms with Gasteiger partial charge in [0, 0.05) is 17.9 Å². The van der Waals surface area contributed by atoms with Gasteiger partial charge in [-0.3, -0.25) is 19.3 Å². The number of aromatic amines is 1. The Morgan fingerprint density at radius 2 is 1.59 bits per heavy atom. The third-order valence-corrected chi connectivity index (χ3v) is 5.34. The fourth-order valence-electron chi connectivity index (χ4n) is 3.11. The van der Waals surface area contributed by atoms with E-state index in [1.165, 1.54) is 16.7 Å². The van der Waals surface area contributed by atoms with Crippen LogP contribution in [0.15, 0.2) is 64.5 Å². The first-order valence-corrected chi connectivity index (χ1v) is 9.76. The molecule has 0 saturated heterocycles. The summed E-state index contributed by atoms with van der Waals surface area (Å²) in [4.78, 5) is 45.3. The van der Waals surface area contributed by atoms with Crippen molar-refractivity contribution in [3.8, 4) is 17.3 Å². The molecule has 0 spiro atoms. The number of amides is 2. The summed E-state index contributed by atoms with van der Waals surface area (Å²) in [6.07, 6.45) is 0. The Morgan fingerprint density at radius 3 is 2.21 bits per heavy atom. The summed E-state index contributed by atoms with van der Waals surface area (Å²) >= 11 is 1.21. The minimum Gasteiger partial charge on any atom is -0.300 e. The van der Waals surface area contributed by atoms with Crippen LogP contribution in [0.2, 0.25) is 0 Å². The van der Waals surface area contributed by atoms with Crippen LogP contribution in [0.25, 0.3) is 11.3 Å². The Labute approximate surface area is 170 Å². The Kier molecular flexibility index (Phi) is 4.97. The number of benzene rings is 2. The van der Waals surface area contributed by atoms with Crippen molar-refractivity contribution in [2.45, 2.75) is 5.16 Å². The number of aromatic nitrogens is 2. The third kappa shape index (κ3) is 3.44. The van der Waals surface area contributed by atoms with Gasteiger partial charge in [-0.25, -0.2) is 4.98 Å². The fourth-order valence-corrected chi connectivity index (χ4v) is 3.89. The second kappa shape index (κ2) is 7.73. The fraction of sp³-hybridized carbons (Fsp3) is 0.0952. The molecule has 0 saturated carbocycles. The second-order valence-corrected chi connectivity index (χ2v) is 7.31. The molecule has 2 heterocycles. The largest absolute Gasteiger partial charge is 0.300 e. The zero-order chi connectivity index (χ0) is 20.4. The first-order valence-electron chi connectivity index (χ1n) is 8.78. The highest BCUT2D eigenvalue weighted by Gasteiger charge is 2.34. The molecule has 1 N–H and O–H groups in total. The topological polar surface area (TPSA) is 107 Å². The number of fused-ring (bicyclic) bond motifs is 1. The molecular formula is C21H14N4O3S. The Balaban J connectivity index is 1.52. The van der Waals surface area contributed by atoms with E-state index in [-0.39, 0.29) is 23.9 Å². The zero-order valence-corrected chi connectivity index (χ0v) is 15.9. The summed E-state index contributed by atoms with van der Waals surface area (Å²) in [6, 6.07) is 17.6. The standard InChI is InChI=1S/C21H14N4O3S/c22-12-16-17(13-6-2-1-3-7-13)23-21(24-18(16)26)29-11-10-25-19(27)14-8-4-5-9-15(14)20(25)28/h1-9H,10-11H2,(H,23,24,26). The molecule has 0 aliphatic carbocycles. The number of nitriles is 1. The molecule has 0 unspecified atom stereocenters. The smallest absolute Gasteiger partial charge is 0.270 e. The van der Waals surface area contributed by atoms with Crippen molar-refractivity contribution in [3.63, 3.8) is 0 Å². The third-order valence-electron chi connectivity index (χ3n) is 4.49. The average Bonchev–Trinajstić information content (AvgIpc) is 2.99. The molecule has 1 aromatic heterocycles. The number of nitrogens with zero attached hydrogens (tertiary/aromatic N) is 3. The van der Waals surface area contributed by atoms with Crippen LogP contribution < -0.4 is 5.56 Å². The maximum Gasteiger partial charge on any atom is 0.270 e. The number of nitrogens with one attached hydrogen (secondary N) is 1. The van der Waals surface area contributed by atoms with Crippen LogP contribution in [0.4, 0.5) is 0 Å². The molecule has 2 amide bonds. The quantitative estimate of drug-likeness (QED) is 0.399. The van der Waals surface area contributed by atoms with Gasteiger partial charge in [0.2, 0.25) is 0 Å². The number of hydrogen-bond acceptors (Lipinski definition) is 6. The Hall–Kier alpha value is -3.70. The summed E-state index contributed by atoms with van der Waals surface area (Å²) in [5.41, 5.74) is 1.19. The van der Waals surface area contributed by atoms with Gasteiger partial charge in [0.15, 0.2) is 5.16 Å². The van der Waals surface area contributed by atoms with Crippen LogP contribution >= 0.6 is 11.8 Å². The van der Waals surface area contributed by atoms with E-state index in [0.29, 0.717) is 33.3 Å². The van der Waals surface area contributed by atoms with E-state index in [9.17, 15) is 19.6 Å². The SMILES string of the molecule is N#Cc1c(-c2ccccc2)nc(SCCN2C(=O)c3ccccc3C2=O)[nH]c1=O. The molecule has 29 heavy (non-hydrogen) atoms. The summed E-state index contributed by atoms with van der Waals surface area (Å²) in [6.45, 7) is 0.182. The van der Waals surface area contributed by atoms with Gasteiger partial charge in [-0.2, -0.15) is 5.26 Å². The van der Waals surface area contributed by atoms with Crippen LogP contribution in [0, 0.1) is 11.3 Å². The van der Waals surface area contributed by atoms with Gasteiger partial charge >= 0.3 is 0 Å². The number of thioether (sulfide) groups is 1. The highest BCUT2D eigenvalue weighted by atomic mass is 32.2. The van der Waals surface area contributed by atoms with E-state index in [1.54, 1.807) is 48.5 Å². The van der Waals surface area contributed by atoms with Crippen LogP contribution in [0.1, 0.15) is 26.3 Å². The lowest BCUT2D eigenvalue weighted by molar-refractivity contribution is 0.0664. The Morgan fingerprint density at radius 1 is 0.966 bits per heavy atom. The number of hydrogen-bond donors (Lipinski definition) is 1. The van der Waals surface area contributed by atoms with E-state index in [4.69, 9.17) is 0 Å². The molecule has 7 nitrogen and oxygen atoms in total. The molecule has 1 aliphatic rings. The van der Waals surface area contributed by atoms with Crippen LogP contribution in [0.3, 0.4) is 0 Å². The Bertz CT molecular complexity index is 1180. The van der Waals surface area contributed by atoms with E-state index >= 15 is 0 Å². The molecular weight excluding hydrogens is 388 g/mol. The molecule has 0 bridgehead atoms. The second-order valence-electron chi connectivity index (χ2n) is 6.23. The van der Waals surface area contributed by atoms with Crippen molar-refractivity contribution < 1.29 is 9.59 Å². The zero-order valence-electron chi connectivity index (χ0n) is 15.1. The molecule has 0 fully saturated rings. The molecule has 0 atom stereocenters. The first-order chi connectivity index (χ1) is 14.1. The summed E-state index contributed by atoms with van der Waals surface area (Å²) < 4.78 is 0. The van der Waals surface area contributed by atoms with Gasteiger partial charge in [-0.1, -0.05) is 54.2 Å². The molecule has 3 aromatic rings. The molecule has 142 valence electrons. The van der Waals surface area contributed by atoms with E-state index in [1.807, 2.05) is 12.1 Å². The van der Waals surface area contributed by atoms with E-state index < -0.39 is 5.56 Å². The highest BCUT2D eigenvalue weighted by molar-refractivity contribution is 7.99. The minimum absolute atomic E-state index is 0.0547. The monoisotopic (exact) mass is 402 g/mol. The number of carbonyl (C=O) groups excluding carboxylic acids is 2. The van der Waals surface area contributed by atoms with Gasteiger partial charge in [-0.05, 0) is 12.1 Å². The predicted octanol–water partition coefficient (Wildman–Crippen LogP) is 2.70. The average molecular weight is 402 g/mol. The van der Waals surface area contributed by atoms with E-state index in [2.05, 4.69) is 9.97 Å². The van der Waals surface area contributed by atoms with Crippen molar-refractivity contribution in [2.24, 2.45) is 0 Å². The lowest BCUT2D eigenvalue weighted by Gasteiger charge is -2.13. The van der Waals surface area contributed by atoms with Crippen molar-refractivity contribution in [3.05, 3.63) is 81.6 Å². The maximum absolute atomic E-state index is 12.4. The van der Waals surface area contributed by atoms with Crippen molar-refractivity contribution in [1.82, 2.24) is 14.9 Å². The number of imide groups is 1. The van der Waals surface area contributed by atoms with Gasteiger partial charge in [0.25, 0.3) is 17.4 Å². The molecule has 0 radical (unpaired) electrons. The van der Waals surface area contributed by atoms with Gasteiger partial charge in [0.05, 0.1) is 16.8 Å². The van der Waals surface area contributed by atoms with Crippen molar-refractivity contribution >= 4 is 23.6 Å². The maximum atomic E-state index is 12.4. The van der Waals surface area contributed by atoms with Crippen LogP contribution in [-0.2, 0) is 0 Å². The molecule has 8 heteroatoms. The lowest BCUT2D eigenvalue weighted by atomic mass is 10.1. The highest BCUT2D eigenvalue weighted by Crippen LogP contribution is 2.24. The van der Waals surface area contributed by atoms with Gasteiger partial charge < -0.3 is 4.98 Å². The first kappa shape index (κ1) is 18.7. The lowest BCUT2D eigenvalue weighted by Crippen LogP contribution is -2.31. The number of rotatable bonds is 5. The van der Waals surface area contributed by atoms with Crippen molar-refractivity contribution in [2.75, 3.05) is 12.3 Å². The minimum atomic E-state index is -0.524. The molecule has 4 rings (SSSR count). The molecule has 1 aliphatic heterocycles. The van der Waals surface area contributed by atoms with Gasteiger partial charge in [-0.15, -0.1) is 0 Å². The van der Waals surface area contributed by atoms with Crippen LogP contribution in [-0.4, -0.2) is 39.0 Å². The summed E-state index contributed by atoms with van der Waals surface area (Å²) in [5.74, 6) is -0.288. The van der Waals surface area contributed by atoms with Gasteiger partial charge in [0.1, 0.15) is 11.6 Å². The van der Waals surface area contributed by atoms with Crippen LogP contribution in [0.5, 0.6) is 0 Å². The van der Waals surface area contributed by atoms with E-state index in [0.717, 1.165) is 0 Å². The predicted molar refractivity (Wildman–Crippen MR) is 108 cm³/mol. The normalized spacial score (nSPS) is 12.7. The molecule has 2 aromatic carbocycles. The number of H-pyrrole nitrogens is 1. The summed E-state index contributed by atoms with van der Waals surface area (Å²) in [7, 11) is 0.